The van der Waals surface area contributed by atoms with Crippen LogP contribution in [0.15, 0.2) is 42.7 Å². The van der Waals surface area contributed by atoms with E-state index in [0.717, 1.165) is 0 Å². The topological polar surface area (TPSA) is 30.7 Å². The van der Waals surface area contributed by atoms with Gasteiger partial charge in [-0.05, 0) is 23.7 Å². The molecule has 2 aromatic heterocycles. The van der Waals surface area contributed by atoms with Gasteiger partial charge in [0.15, 0.2) is 0 Å². The van der Waals surface area contributed by atoms with E-state index in [-0.39, 0.29) is 5.28 Å². The highest BCUT2D eigenvalue weighted by atomic mass is 35.5. The van der Waals surface area contributed by atoms with E-state index in [4.69, 9.17) is 11.6 Å². The summed E-state index contributed by atoms with van der Waals surface area (Å²) in [5.41, 5.74) is 1.59. The molecule has 3 rings (SSSR count). The van der Waals surface area contributed by atoms with Crippen LogP contribution in [0.25, 0.3) is 22.2 Å². The van der Waals surface area contributed by atoms with E-state index in [0.29, 0.717) is 22.2 Å². The molecule has 0 aliphatic rings. The van der Waals surface area contributed by atoms with Crippen molar-refractivity contribution in [1.82, 2.24) is 14.5 Å². The average Bonchev–Trinajstić information content (AvgIpc) is 2.76. The lowest BCUT2D eigenvalue weighted by Gasteiger charge is -2.08. The van der Waals surface area contributed by atoms with E-state index >= 15 is 0 Å². The van der Waals surface area contributed by atoms with Gasteiger partial charge in [-0.25, -0.2) is 9.97 Å². The van der Waals surface area contributed by atoms with Crippen LogP contribution in [0.3, 0.4) is 0 Å². The van der Waals surface area contributed by atoms with Crippen LogP contribution in [-0.2, 0) is 6.54 Å². The number of alkyl halides is 3. The maximum Gasteiger partial charge on any atom is 0.406 e. The summed E-state index contributed by atoms with van der Waals surface area (Å²) >= 11 is 5.75. The Hall–Kier alpha value is -2.08. The molecular formula is C14H9ClF3N3. The summed E-state index contributed by atoms with van der Waals surface area (Å²) in [5.74, 6) is 0. The lowest BCUT2D eigenvalue weighted by molar-refractivity contribution is -0.139. The second kappa shape index (κ2) is 5.04. The second-order valence-corrected chi connectivity index (χ2v) is 4.85. The highest BCUT2D eigenvalue weighted by Gasteiger charge is 2.29. The van der Waals surface area contributed by atoms with Crippen molar-refractivity contribution in [2.75, 3.05) is 0 Å². The Bertz CT molecular complexity index is 796. The minimum atomic E-state index is -4.29. The summed E-state index contributed by atoms with van der Waals surface area (Å²) < 4.78 is 39.2. The molecule has 2 heterocycles. The minimum absolute atomic E-state index is 0.0557. The number of hydrogen-bond donors (Lipinski definition) is 0. The number of aromatic nitrogens is 3. The van der Waals surface area contributed by atoms with E-state index < -0.39 is 12.7 Å². The Kier molecular flexibility index (Phi) is 3.33. The third-order valence-electron chi connectivity index (χ3n) is 3.04. The summed E-state index contributed by atoms with van der Waals surface area (Å²) in [6, 6.07) is 8.49. The van der Waals surface area contributed by atoms with Gasteiger partial charge in [0, 0.05) is 28.9 Å². The van der Waals surface area contributed by atoms with Crippen molar-refractivity contribution < 1.29 is 13.2 Å². The van der Waals surface area contributed by atoms with Crippen LogP contribution in [0.2, 0.25) is 5.28 Å². The molecule has 0 fully saturated rings. The fourth-order valence-corrected chi connectivity index (χ4v) is 2.41. The van der Waals surface area contributed by atoms with Crippen molar-refractivity contribution in [2.24, 2.45) is 0 Å². The summed E-state index contributed by atoms with van der Waals surface area (Å²) in [4.78, 5) is 7.84. The molecule has 0 spiro atoms. The maximum atomic E-state index is 12.7. The molecule has 3 nitrogen and oxygen atoms in total. The lowest BCUT2D eigenvalue weighted by Crippen LogP contribution is -2.16. The van der Waals surface area contributed by atoms with Gasteiger partial charge in [-0.15, -0.1) is 0 Å². The Labute approximate surface area is 123 Å². The van der Waals surface area contributed by atoms with Gasteiger partial charge in [0.1, 0.15) is 6.54 Å². The van der Waals surface area contributed by atoms with Crippen molar-refractivity contribution in [3.05, 3.63) is 48.0 Å². The van der Waals surface area contributed by atoms with Gasteiger partial charge in [0.05, 0.1) is 5.69 Å². The number of benzene rings is 1. The first kappa shape index (κ1) is 13.9. The molecule has 1 aromatic carbocycles. The predicted octanol–water partition coefficient (Wildman–Crippen LogP) is 4.31. The van der Waals surface area contributed by atoms with Crippen LogP contribution in [0.5, 0.6) is 0 Å². The third-order valence-corrected chi connectivity index (χ3v) is 3.22. The zero-order valence-electron chi connectivity index (χ0n) is 10.6. The fraction of sp³-hybridized carbons (Fsp3) is 0.143. The van der Waals surface area contributed by atoms with Gasteiger partial charge < -0.3 is 4.57 Å². The molecule has 0 bridgehead atoms. The molecule has 0 amide bonds. The number of rotatable bonds is 2. The molecule has 0 saturated carbocycles. The lowest BCUT2D eigenvalue weighted by atomic mass is 10.1. The summed E-state index contributed by atoms with van der Waals surface area (Å²) in [7, 11) is 0. The van der Waals surface area contributed by atoms with Crippen LogP contribution in [0, 0.1) is 0 Å². The molecule has 21 heavy (non-hydrogen) atoms. The van der Waals surface area contributed by atoms with E-state index in [1.54, 1.807) is 30.3 Å². The van der Waals surface area contributed by atoms with Gasteiger partial charge in [0.25, 0.3) is 0 Å². The van der Waals surface area contributed by atoms with E-state index in [1.807, 2.05) is 0 Å². The molecule has 0 unspecified atom stereocenters. The van der Waals surface area contributed by atoms with Crippen LogP contribution in [-0.4, -0.2) is 20.7 Å². The Morgan fingerprint density at radius 1 is 1.14 bits per heavy atom. The van der Waals surface area contributed by atoms with Gasteiger partial charge in [0.2, 0.25) is 5.28 Å². The van der Waals surface area contributed by atoms with Crippen molar-refractivity contribution in [3.8, 4) is 11.3 Å². The standard InChI is InChI=1S/C14H9ClF3N3/c15-13-19-6-5-11(20-13)10-7-21(8-14(16,17)18)12-4-2-1-3-9(10)12/h1-7H,8H2. The summed E-state index contributed by atoms with van der Waals surface area (Å²) in [6.07, 6.45) is -1.38. The van der Waals surface area contributed by atoms with Crippen LogP contribution >= 0.6 is 11.6 Å². The molecule has 7 heteroatoms. The smallest absolute Gasteiger partial charge is 0.338 e. The number of nitrogens with zero attached hydrogens (tertiary/aromatic N) is 3. The van der Waals surface area contributed by atoms with Gasteiger partial charge >= 0.3 is 6.18 Å². The number of fused-ring (bicyclic) bond motifs is 1. The minimum Gasteiger partial charge on any atom is -0.338 e. The number of para-hydroxylation sites is 1. The Balaban J connectivity index is 2.20. The molecule has 3 aromatic rings. The number of halogens is 4. The van der Waals surface area contributed by atoms with Gasteiger partial charge in [-0.2, -0.15) is 13.2 Å². The highest BCUT2D eigenvalue weighted by molar-refractivity contribution is 6.28. The highest BCUT2D eigenvalue weighted by Crippen LogP contribution is 2.31. The summed E-state index contributed by atoms with van der Waals surface area (Å²) in [6.45, 7) is -1.05. The van der Waals surface area contributed by atoms with Crippen LogP contribution in [0.1, 0.15) is 0 Å². The van der Waals surface area contributed by atoms with E-state index in [2.05, 4.69) is 9.97 Å². The molecule has 0 aliphatic heterocycles. The van der Waals surface area contributed by atoms with E-state index in [1.165, 1.54) is 17.0 Å². The largest absolute Gasteiger partial charge is 0.406 e. The first-order chi connectivity index (χ1) is 9.94. The maximum absolute atomic E-state index is 12.7. The summed E-state index contributed by atoms with van der Waals surface area (Å²) in [5, 5.41) is 0.747. The van der Waals surface area contributed by atoms with Crippen molar-refractivity contribution >= 4 is 22.5 Å². The Morgan fingerprint density at radius 3 is 2.62 bits per heavy atom. The first-order valence-corrected chi connectivity index (χ1v) is 6.45. The van der Waals surface area contributed by atoms with Crippen molar-refractivity contribution in [1.29, 1.82) is 0 Å². The molecular weight excluding hydrogens is 303 g/mol. The van der Waals surface area contributed by atoms with Crippen LogP contribution in [0.4, 0.5) is 13.2 Å². The first-order valence-electron chi connectivity index (χ1n) is 6.07. The quantitative estimate of drug-likeness (QED) is 0.660. The molecule has 0 radical (unpaired) electrons. The van der Waals surface area contributed by atoms with Gasteiger partial charge in [-0.3, -0.25) is 0 Å². The Morgan fingerprint density at radius 2 is 1.90 bits per heavy atom. The average molecular weight is 312 g/mol. The molecule has 0 aliphatic carbocycles. The second-order valence-electron chi connectivity index (χ2n) is 4.51. The molecule has 108 valence electrons. The molecule has 0 saturated heterocycles. The SMILES string of the molecule is FC(F)(F)Cn1cc(-c2ccnc(Cl)n2)c2ccccc21. The monoisotopic (exact) mass is 311 g/mol. The molecule has 0 atom stereocenters. The van der Waals surface area contributed by atoms with Crippen LogP contribution < -0.4 is 0 Å². The number of hydrogen-bond acceptors (Lipinski definition) is 2. The zero-order valence-corrected chi connectivity index (χ0v) is 11.4. The molecule has 0 N–H and O–H groups in total. The van der Waals surface area contributed by atoms with Gasteiger partial charge in [-0.1, -0.05) is 18.2 Å². The predicted molar refractivity (Wildman–Crippen MR) is 74.0 cm³/mol. The van der Waals surface area contributed by atoms with E-state index in [9.17, 15) is 13.2 Å². The normalized spacial score (nSPS) is 12.0. The van der Waals surface area contributed by atoms with Crippen molar-refractivity contribution in [3.63, 3.8) is 0 Å². The fourth-order valence-electron chi connectivity index (χ4n) is 2.26. The van der Waals surface area contributed by atoms with Crippen molar-refractivity contribution in [2.45, 2.75) is 12.7 Å². The third kappa shape index (κ3) is 2.85. The zero-order chi connectivity index (χ0) is 15.0.